The number of carboxylic acid groups (broad SMARTS) is 1. The predicted molar refractivity (Wildman–Crippen MR) is 89.4 cm³/mol. The van der Waals surface area contributed by atoms with Gasteiger partial charge in [0.25, 0.3) is 0 Å². The first-order chi connectivity index (χ1) is 10.3. The van der Waals surface area contributed by atoms with E-state index >= 15 is 0 Å². The minimum Gasteiger partial charge on any atom is -0.481 e. The van der Waals surface area contributed by atoms with E-state index in [2.05, 4.69) is 34.6 Å². The Kier molecular flexibility index (Phi) is 4.33. The van der Waals surface area contributed by atoms with Crippen LogP contribution in [-0.4, -0.2) is 11.1 Å². The van der Waals surface area contributed by atoms with E-state index in [9.17, 15) is 4.79 Å². The molecule has 22 heavy (non-hydrogen) atoms. The van der Waals surface area contributed by atoms with Crippen LogP contribution >= 0.6 is 0 Å². The number of fused-ring (bicyclic) bond motifs is 4. The molecule has 2 heteroatoms. The molecular formula is C20H34O2. The summed E-state index contributed by atoms with van der Waals surface area (Å²) in [5, 5.41) is 8.99. The predicted octanol–water partition coefficient (Wildman–Crippen LogP) is 4.93. The zero-order valence-corrected chi connectivity index (χ0v) is 15.0. The molecule has 0 heterocycles. The fourth-order valence-corrected chi connectivity index (χ4v) is 6.79. The van der Waals surface area contributed by atoms with Gasteiger partial charge in [0, 0.05) is 0 Å². The lowest BCUT2D eigenvalue weighted by molar-refractivity contribution is -0.145. The highest BCUT2D eigenvalue weighted by molar-refractivity contribution is 5.71. The minimum atomic E-state index is -0.568. The third-order valence-corrected chi connectivity index (χ3v) is 8.24. The topological polar surface area (TPSA) is 37.3 Å². The third-order valence-electron chi connectivity index (χ3n) is 8.24. The summed E-state index contributed by atoms with van der Waals surface area (Å²) >= 11 is 0. The van der Waals surface area contributed by atoms with Gasteiger partial charge in [-0.05, 0) is 78.9 Å². The van der Waals surface area contributed by atoms with Gasteiger partial charge < -0.3 is 5.11 Å². The molecule has 4 aliphatic carbocycles. The van der Waals surface area contributed by atoms with E-state index in [1.807, 2.05) is 0 Å². The molecule has 0 radical (unpaired) electrons. The van der Waals surface area contributed by atoms with Crippen LogP contribution in [0, 0.1) is 59.2 Å². The largest absolute Gasteiger partial charge is 0.481 e. The number of carboxylic acids is 1. The fraction of sp³-hybridized carbons (Fsp3) is 0.950. The van der Waals surface area contributed by atoms with Crippen molar-refractivity contribution in [2.45, 2.75) is 60.3 Å². The summed E-state index contributed by atoms with van der Waals surface area (Å²) in [6.45, 7) is 11.7. The Bertz CT molecular complexity index is 427. The quantitative estimate of drug-likeness (QED) is 0.745. The van der Waals surface area contributed by atoms with Gasteiger partial charge in [0.05, 0.1) is 5.92 Å². The van der Waals surface area contributed by atoms with Gasteiger partial charge in [-0.3, -0.25) is 4.79 Å². The molecule has 0 saturated heterocycles. The molecule has 2 nitrogen and oxygen atoms in total. The maximum Gasteiger partial charge on any atom is 0.307 e. The number of carbonyl (C=O) groups is 1. The van der Waals surface area contributed by atoms with Crippen LogP contribution in [0.3, 0.4) is 0 Å². The summed E-state index contributed by atoms with van der Waals surface area (Å²) in [6, 6.07) is 0. The molecule has 0 spiro atoms. The van der Waals surface area contributed by atoms with Crippen LogP contribution in [0.1, 0.15) is 60.3 Å². The molecule has 0 aliphatic heterocycles. The summed E-state index contributed by atoms with van der Waals surface area (Å²) in [6.07, 6.45) is 5.38. The third kappa shape index (κ3) is 2.51. The Morgan fingerprint density at radius 3 is 1.59 bits per heavy atom. The Labute approximate surface area is 136 Å². The molecule has 0 aromatic carbocycles. The smallest absolute Gasteiger partial charge is 0.307 e. The molecule has 0 amide bonds. The van der Waals surface area contributed by atoms with Crippen LogP contribution in [0.25, 0.3) is 0 Å². The standard InChI is InChI=1S/C10H16O2.C10H18/c1-5-3-7-4-8(5)6(2)9(7)10(11)12;1-6-4-9-5-10(6)8(3)7(9)2/h5-9H,3-4H2,1-2H3,(H,11,12);6-10H,4-5H2,1-3H3/t5-,6+,7?,8?,9+;6-,7+,8-,9?,10?/m00/s1. The van der Waals surface area contributed by atoms with E-state index in [0.29, 0.717) is 17.8 Å². The van der Waals surface area contributed by atoms with Gasteiger partial charge in [-0.25, -0.2) is 0 Å². The van der Waals surface area contributed by atoms with E-state index in [1.54, 1.807) is 6.42 Å². The van der Waals surface area contributed by atoms with Crippen molar-refractivity contribution in [2.24, 2.45) is 59.2 Å². The van der Waals surface area contributed by atoms with Crippen LogP contribution < -0.4 is 0 Å². The average Bonchev–Trinajstić information content (AvgIpc) is 3.13. The zero-order valence-electron chi connectivity index (χ0n) is 15.0. The van der Waals surface area contributed by atoms with Crippen LogP contribution in [-0.2, 0) is 4.79 Å². The van der Waals surface area contributed by atoms with Crippen molar-refractivity contribution in [2.75, 3.05) is 0 Å². The lowest BCUT2D eigenvalue weighted by Crippen LogP contribution is -2.30. The van der Waals surface area contributed by atoms with E-state index < -0.39 is 5.97 Å². The normalized spacial score (nSPS) is 55.1. The van der Waals surface area contributed by atoms with Crippen molar-refractivity contribution in [3.63, 3.8) is 0 Å². The van der Waals surface area contributed by atoms with Crippen LogP contribution in [0.15, 0.2) is 0 Å². The Balaban J connectivity index is 0.000000133. The first-order valence-corrected chi connectivity index (χ1v) is 9.54. The zero-order chi connectivity index (χ0) is 16.2. The summed E-state index contributed by atoms with van der Waals surface area (Å²) < 4.78 is 0. The van der Waals surface area contributed by atoms with Crippen molar-refractivity contribution < 1.29 is 9.90 Å². The summed E-state index contributed by atoms with van der Waals surface area (Å²) in [7, 11) is 0. The van der Waals surface area contributed by atoms with Gasteiger partial charge in [0.2, 0.25) is 0 Å². The lowest BCUT2D eigenvalue weighted by atomic mass is 9.76. The number of hydrogen-bond acceptors (Lipinski definition) is 1. The van der Waals surface area contributed by atoms with Crippen LogP contribution in [0.2, 0.25) is 0 Å². The maximum absolute atomic E-state index is 10.9. The second-order valence-electron chi connectivity index (χ2n) is 9.19. The number of aliphatic carboxylic acids is 1. The van der Waals surface area contributed by atoms with Gasteiger partial charge in [0.15, 0.2) is 0 Å². The molecule has 0 aromatic rings. The van der Waals surface area contributed by atoms with E-state index in [4.69, 9.17) is 5.11 Å². The fourth-order valence-electron chi connectivity index (χ4n) is 6.79. The molecule has 10 atom stereocenters. The molecule has 4 bridgehead atoms. The van der Waals surface area contributed by atoms with Gasteiger partial charge >= 0.3 is 5.97 Å². The first kappa shape index (κ1) is 16.3. The van der Waals surface area contributed by atoms with Gasteiger partial charge in [-0.2, -0.15) is 0 Å². The summed E-state index contributed by atoms with van der Waals surface area (Å²) in [4.78, 5) is 10.9. The van der Waals surface area contributed by atoms with Crippen molar-refractivity contribution in [1.82, 2.24) is 0 Å². The molecule has 4 fully saturated rings. The van der Waals surface area contributed by atoms with Gasteiger partial charge in [-0.1, -0.05) is 34.6 Å². The summed E-state index contributed by atoms with van der Waals surface area (Å²) in [5.41, 5.74) is 0. The van der Waals surface area contributed by atoms with Crippen LogP contribution in [0.5, 0.6) is 0 Å². The average molecular weight is 306 g/mol. The number of hydrogen-bond donors (Lipinski definition) is 1. The molecule has 126 valence electrons. The van der Waals surface area contributed by atoms with E-state index in [1.165, 1.54) is 12.8 Å². The Morgan fingerprint density at radius 1 is 0.727 bits per heavy atom. The van der Waals surface area contributed by atoms with Crippen molar-refractivity contribution in [3.8, 4) is 0 Å². The molecule has 4 aliphatic rings. The van der Waals surface area contributed by atoms with Crippen molar-refractivity contribution >= 4 is 5.97 Å². The monoisotopic (exact) mass is 306 g/mol. The SMILES string of the molecule is C[C@@H]1C2CC(C[C@@H]2C)[C@@H]1C.C[C@@H]1C2CC(C[C@@H]2C)[C@@H]1C(=O)O. The highest BCUT2D eigenvalue weighted by atomic mass is 16.4. The minimum absolute atomic E-state index is 0.0359. The highest BCUT2D eigenvalue weighted by Gasteiger charge is 2.51. The second-order valence-corrected chi connectivity index (χ2v) is 9.19. The summed E-state index contributed by atoms with van der Waals surface area (Å²) in [5.74, 6) is 7.01. The molecule has 1 N–H and O–H groups in total. The van der Waals surface area contributed by atoms with E-state index in [0.717, 1.165) is 41.9 Å². The van der Waals surface area contributed by atoms with Gasteiger partial charge in [-0.15, -0.1) is 0 Å². The molecular weight excluding hydrogens is 272 g/mol. The molecule has 4 saturated carbocycles. The molecule has 4 rings (SSSR count). The maximum atomic E-state index is 10.9. The Hall–Kier alpha value is -0.530. The molecule has 4 unspecified atom stereocenters. The molecule has 0 aromatic heterocycles. The van der Waals surface area contributed by atoms with Gasteiger partial charge in [0.1, 0.15) is 0 Å². The van der Waals surface area contributed by atoms with Crippen LogP contribution in [0.4, 0.5) is 0 Å². The van der Waals surface area contributed by atoms with E-state index in [-0.39, 0.29) is 5.92 Å². The van der Waals surface area contributed by atoms with Crippen molar-refractivity contribution in [1.29, 1.82) is 0 Å². The Morgan fingerprint density at radius 2 is 1.23 bits per heavy atom. The number of rotatable bonds is 1. The van der Waals surface area contributed by atoms with Crippen molar-refractivity contribution in [3.05, 3.63) is 0 Å². The lowest BCUT2D eigenvalue weighted by Gasteiger charge is -2.29. The highest BCUT2D eigenvalue weighted by Crippen LogP contribution is 2.55. The second kappa shape index (κ2) is 5.83. The first-order valence-electron chi connectivity index (χ1n) is 9.54.